The Bertz CT molecular complexity index is 1390. The van der Waals surface area contributed by atoms with Crippen molar-refractivity contribution >= 4 is 22.4 Å². The van der Waals surface area contributed by atoms with E-state index < -0.39 is 0 Å². The van der Waals surface area contributed by atoms with Gasteiger partial charge < -0.3 is 14.6 Å². The first-order valence-electron chi connectivity index (χ1n) is 10.3. The van der Waals surface area contributed by atoms with Gasteiger partial charge in [0.2, 0.25) is 0 Å². The van der Waals surface area contributed by atoms with E-state index in [0.29, 0.717) is 6.61 Å². The lowest BCUT2D eigenvalue weighted by atomic mass is 9.98. The van der Waals surface area contributed by atoms with E-state index in [4.69, 9.17) is 9.26 Å². The average Bonchev–Trinajstić information content (AvgIpc) is 3.24. The summed E-state index contributed by atoms with van der Waals surface area (Å²) in [5.74, 6) is 2.29. The number of hydrogen-bond acceptors (Lipinski definition) is 6. The van der Waals surface area contributed by atoms with E-state index in [0.717, 1.165) is 56.3 Å². The molecule has 6 heteroatoms. The third-order valence-corrected chi connectivity index (χ3v) is 5.26. The maximum atomic E-state index is 6.05. The molecule has 32 heavy (non-hydrogen) atoms. The highest BCUT2D eigenvalue weighted by Gasteiger charge is 2.13. The Kier molecular flexibility index (Phi) is 5.25. The average molecular weight is 421 g/mol. The molecule has 0 amide bonds. The molecule has 0 saturated heterocycles. The Hall–Kier alpha value is -4.19. The van der Waals surface area contributed by atoms with E-state index >= 15 is 0 Å². The normalized spacial score (nSPS) is 10.9. The topological polar surface area (TPSA) is 73.1 Å². The smallest absolute Gasteiger partial charge is 0.142 e. The van der Waals surface area contributed by atoms with Gasteiger partial charge in [0.05, 0.1) is 10.9 Å². The molecule has 0 aliphatic rings. The van der Waals surface area contributed by atoms with E-state index in [1.54, 1.807) is 6.33 Å². The highest BCUT2D eigenvalue weighted by molar-refractivity contribution is 5.92. The van der Waals surface area contributed by atoms with Gasteiger partial charge in [0.25, 0.3) is 0 Å². The Morgan fingerprint density at radius 1 is 0.969 bits per heavy atom. The SMILES string of the molecule is Cc1cc(COc2cccc(-c3ccccc3Nc3ncnc4ccc[c]c34)c2C)no1. The van der Waals surface area contributed by atoms with Crippen molar-refractivity contribution in [1.29, 1.82) is 0 Å². The molecule has 157 valence electrons. The molecular weight excluding hydrogens is 400 g/mol. The van der Waals surface area contributed by atoms with Gasteiger partial charge in [-0.25, -0.2) is 9.97 Å². The molecule has 0 fully saturated rings. The van der Waals surface area contributed by atoms with Crippen LogP contribution >= 0.6 is 0 Å². The molecule has 0 spiro atoms. The Morgan fingerprint density at radius 2 is 1.84 bits per heavy atom. The van der Waals surface area contributed by atoms with Crippen LogP contribution < -0.4 is 10.1 Å². The van der Waals surface area contributed by atoms with Crippen LogP contribution in [0.25, 0.3) is 22.0 Å². The predicted octanol–water partition coefficient (Wildman–Crippen LogP) is 6.02. The van der Waals surface area contributed by atoms with E-state index in [1.807, 2.05) is 61.5 Å². The molecule has 0 aliphatic heterocycles. The van der Waals surface area contributed by atoms with Crippen LogP contribution in [0.15, 0.2) is 77.6 Å². The second-order valence-electron chi connectivity index (χ2n) is 7.47. The number of para-hydroxylation sites is 1. The number of fused-ring (bicyclic) bond motifs is 1. The van der Waals surface area contributed by atoms with Crippen molar-refractivity contribution in [2.75, 3.05) is 5.32 Å². The Morgan fingerprint density at radius 3 is 2.72 bits per heavy atom. The number of nitrogens with one attached hydrogen (secondary N) is 1. The lowest BCUT2D eigenvalue weighted by Gasteiger charge is -2.16. The fourth-order valence-electron chi connectivity index (χ4n) is 3.69. The summed E-state index contributed by atoms with van der Waals surface area (Å²) >= 11 is 0. The number of benzene rings is 3. The minimum atomic E-state index is 0.351. The van der Waals surface area contributed by atoms with Crippen LogP contribution in [0.1, 0.15) is 17.0 Å². The summed E-state index contributed by atoms with van der Waals surface area (Å²) in [7, 11) is 0. The predicted molar refractivity (Wildman–Crippen MR) is 124 cm³/mol. The monoisotopic (exact) mass is 421 g/mol. The van der Waals surface area contributed by atoms with Crippen LogP contribution in [0.3, 0.4) is 0 Å². The van der Waals surface area contributed by atoms with Gasteiger partial charge in [0.15, 0.2) is 0 Å². The molecule has 5 rings (SSSR count). The number of hydrogen-bond donors (Lipinski definition) is 1. The third-order valence-electron chi connectivity index (χ3n) is 5.26. The van der Waals surface area contributed by atoms with Crippen LogP contribution in [-0.4, -0.2) is 15.1 Å². The van der Waals surface area contributed by atoms with Crippen LogP contribution in [0.2, 0.25) is 0 Å². The van der Waals surface area contributed by atoms with Gasteiger partial charge in [-0.3, -0.25) is 0 Å². The van der Waals surface area contributed by atoms with Crippen LogP contribution in [0, 0.1) is 19.9 Å². The summed E-state index contributed by atoms with van der Waals surface area (Å²) in [5.41, 5.74) is 5.72. The van der Waals surface area contributed by atoms with Crippen molar-refractivity contribution in [3.8, 4) is 16.9 Å². The molecule has 6 nitrogen and oxygen atoms in total. The highest BCUT2D eigenvalue weighted by atomic mass is 16.5. The zero-order valence-electron chi connectivity index (χ0n) is 17.8. The highest BCUT2D eigenvalue weighted by Crippen LogP contribution is 2.36. The standard InChI is InChI=1S/C26H21N4O2/c1-17-14-19(30-32-17)15-31-25-13-7-10-20(18(25)2)21-8-3-6-12-24(21)29-26-22-9-4-5-11-23(22)27-16-28-26/h3-8,10-14,16H,15H2,1-2H3,(H,27,28,29). The minimum Gasteiger partial charge on any atom is -0.487 e. The number of ether oxygens (including phenoxy) is 1. The Balaban J connectivity index is 1.48. The largest absolute Gasteiger partial charge is 0.487 e. The minimum absolute atomic E-state index is 0.351. The van der Waals surface area contributed by atoms with Gasteiger partial charge >= 0.3 is 0 Å². The number of nitrogens with zero attached hydrogens (tertiary/aromatic N) is 3. The maximum absolute atomic E-state index is 6.05. The molecule has 3 aromatic carbocycles. The number of rotatable bonds is 6. The van der Waals surface area contributed by atoms with Crippen LogP contribution in [-0.2, 0) is 6.61 Å². The van der Waals surface area contributed by atoms with Crippen molar-refractivity contribution in [1.82, 2.24) is 15.1 Å². The molecule has 1 radical (unpaired) electrons. The molecular formula is C26H21N4O2. The van der Waals surface area contributed by atoms with Gasteiger partial charge in [-0.15, -0.1) is 0 Å². The first kappa shape index (κ1) is 19.8. The molecule has 0 aliphatic carbocycles. The molecule has 1 N–H and O–H groups in total. The van der Waals surface area contributed by atoms with Crippen molar-refractivity contribution < 1.29 is 9.26 Å². The second kappa shape index (κ2) is 8.51. The van der Waals surface area contributed by atoms with E-state index in [9.17, 15) is 0 Å². The fraction of sp³-hybridized carbons (Fsp3) is 0.115. The first-order chi connectivity index (χ1) is 15.7. The van der Waals surface area contributed by atoms with E-state index in [2.05, 4.69) is 45.6 Å². The molecule has 0 unspecified atom stereocenters. The molecule has 2 aromatic heterocycles. The maximum Gasteiger partial charge on any atom is 0.142 e. The fourth-order valence-corrected chi connectivity index (χ4v) is 3.69. The van der Waals surface area contributed by atoms with Gasteiger partial charge in [-0.2, -0.15) is 0 Å². The zero-order chi connectivity index (χ0) is 21.9. The summed E-state index contributed by atoms with van der Waals surface area (Å²) in [5, 5.41) is 8.33. The number of anilines is 2. The van der Waals surface area contributed by atoms with E-state index in [1.165, 1.54) is 0 Å². The summed E-state index contributed by atoms with van der Waals surface area (Å²) < 4.78 is 11.2. The lowest BCUT2D eigenvalue weighted by molar-refractivity contribution is 0.286. The molecule has 0 saturated carbocycles. The Labute approximate surface area is 185 Å². The molecule has 2 heterocycles. The number of aryl methyl sites for hydroxylation is 1. The second-order valence-corrected chi connectivity index (χ2v) is 7.47. The lowest BCUT2D eigenvalue weighted by Crippen LogP contribution is -2.00. The van der Waals surface area contributed by atoms with Gasteiger partial charge in [-0.1, -0.05) is 47.6 Å². The number of aromatic nitrogens is 3. The molecule has 5 aromatic rings. The molecule has 0 bridgehead atoms. The van der Waals surface area contributed by atoms with Crippen LogP contribution in [0.4, 0.5) is 11.5 Å². The third kappa shape index (κ3) is 3.90. The zero-order valence-corrected chi connectivity index (χ0v) is 17.8. The first-order valence-corrected chi connectivity index (χ1v) is 10.3. The van der Waals surface area contributed by atoms with Gasteiger partial charge in [0.1, 0.15) is 36.0 Å². The van der Waals surface area contributed by atoms with Crippen LogP contribution in [0.5, 0.6) is 5.75 Å². The van der Waals surface area contributed by atoms with Crippen molar-refractivity contribution in [3.63, 3.8) is 0 Å². The van der Waals surface area contributed by atoms with Crippen molar-refractivity contribution in [2.45, 2.75) is 20.5 Å². The summed E-state index contributed by atoms with van der Waals surface area (Å²) in [6.45, 7) is 4.28. The quantitative estimate of drug-likeness (QED) is 0.361. The van der Waals surface area contributed by atoms with Crippen molar-refractivity contribution in [3.05, 3.63) is 96.1 Å². The summed E-state index contributed by atoms with van der Waals surface area (Å²) in [6.07, 6.45) is 1.56. The summed E-state index contributed by atoms with van der Waals surface area (Å²) in [4.78, 5) is 8.77. The van der Waals surface area contributed by atoms with Crippen molar-refractivity contribution in [2.24, 2.45) is 0 Å². The van der Waals surface area contributed by atoms with Gasteiger partial charge in [-0.05, 0) is 49.2 Å². The van der Waals surface area contributed by atoms with E-state index in [-0.39, 0.29) is 0 Å². The van der Waals surface area contributed by atoms with Gasteiger partial charge in [0, 0.05) is 17.3 Å². The summed E-state index contributed by atoms with van der Waals surface area (Å²) in [6, 6.07) is 25.0. The molecule has 0 atom stereocenters.